The number of amides is 1. The lowest BCUT2D eigenvalue weighted by atomic mass is 10.3. The molecular weight excluding hydrogens is 134 g/mol. The van der Waals surface area contributed by atoms with E-state index in [9.17, 15) is 4.79 Å². The van der Waals surface area contributed by atoms with Gasteiger partial charge in [-0.3, -0.25) is 4.79 Å². The highest BCUT2D eigenvalue weighted by molar-refractivity contribution is 6.69. The standard InChI is InChI=1S/C4HN5O/c10-4-2-3(5-1-6-4)8-9-7-2/h1H. The van der Waals surface area contributed by atoms with Crippen LogP contribution in [0.4, 0.5) is 0 Å². The molecule has 0 N–H and O–H groups in total. The summed E-state index contributed by atoms with van der Waals surface area (Å²) in [5, 5.41) is 10.1. The first-order chi connectivity index (χ1) is 4.88. The molecule has 2 rings (SSSR count). The first-order valence-corrected chi connectivity index (χ1v) is 2.51. The Balaban J connectivity index is 2.54. The lowest BCUT2D eigenvalue weighted by molar-refractivity contribution is -0.111. The molecule has 0 fully saturated rings. The van der Waals surface area contributed by atoms with Gasteiger partial charge < -0.3 is 0 Å². The molecule has 2 heterocycles. The summed E-state index contributed by atoms with van der Waals surface area (Å²) in [4.78, 5) is 17.8. The van der Waals surface area contributed by atoms with Gasteiger partial charge in [0, 0.05) is 0 Å². The van der Waals surface area contributed by atoms with Crippen molar-refractivity contribution in [2.75, 3.05) is 0 Å². The van der Waals surface area contributed by atoms with E-state index in [1.54, 1.807) is 0 Å². The zero-order valence-corrected chi connectivity index (χ0v) is 4.72. The van der Waals surface area contributed by atoms with Gasteiger partial charge in [-0.05, 0) is 5.22 Å². The van der Waals surface area contributed by atoms with Crippen LogP contribution in [-0.2, 0) is 4.79 Å². The van der Waals surface area contributed by atoms with Gasteiger partial charge in [0.2, 0.25) is 11.5 Å². The Morgan fingerprint density at radius 1 is 1.40 bits per heavy atom. The monoisotopic (exact) mass is 135 g/mol. The van der Waals surface area contributed by atoms with Crippen LogP contribution in [0.15, 0.2) is 25.4 Å². The van der Waals surface area contributed by atoms with Gasteiger partial charge in [0.25, 0.3) is 0 Å². The average Bonchev–Trinajstić information content (AvgIpc) is 2.36. The van der Waals surface area contributed by atoms with Crippen LogP contribution < -0.4 is 0 Å². The number of fused-ring (bicyclic) bond motifs is 1. The molecule has 10 heavy (non-hydrogen) atoms. The lowest BCUT2D eigenvalue weighted by Gasteiger charge is -1.94. The summed E-state index contributed by atoms with van der Waals surface area (Å²) in [6, 6.07) is 0. The molecule has 1 amide bonds. The van der Waals surface area contributed by atoms with Crippen LogP contribution in [0.5, 0.6) is 0 Å². The number of carbonyl (C=O) groups excluding carboxylic acids is 1. The quantitative estimate of drug-likeness (QED) is 0.452. The summed E-state index contributed by atoms with van der Waals surface area (Å²) >= 11 is 0. The smallest absolute Gasteiger partial charge is 0.265 e. The molecule has 0 radical (unpaired) electrons. The van der Waals surface area contributed by atoms with Crippen LogP contribution in [0, 0.1) is 0 Å². The van der Waals surface area contributed by atoms with Crippen molar-refractivity contribution in [3.8, 4) is 0 Å². The van der Waals surface area contributed by atoms with Crippen LogP contribution in [0.3, 0.4) is 0 Å². The van der Waals surface area contributed by atoms with Gasteiger partial charge in [0.1, 0.15) is 6.34 Å². The molecule has 0 aromatic carbocycles. The van der Waals surface area contributed by atoms with Crippen LogP contribution >= 0.6 is 0 Å². The predicted molar refractivity (Wildman–Crippen MR) is 33.2 cm³/mol. The van der Waals surface area contributed by atoms with Gasteiger partial charge in [-0.25, -0.2) is 4.99 Å². The second kappa shape index (κ2) is 1.63. The fraction of sp³-hybridized carbons (Fsp3) is 0. The summed E-state index contributed by atoms with van der Waals surface area (Å²) < 4.78 is 0. The van der Waals surface area contributed by atoms with E-state index in [0.29, 0.717) is 0 Å². The zero-order chi connectivity index (χ0) is 6.97. The van der Waals surface area contributed by atoms with Crippen LogP contribution in [-0.4, -0.2) is 23.8 Å². The van der Waals surface area contributed by atoms with Crippen molar-refractivity contribution in [1.82, 2.24) is 0 Å². The van der Waals surface area contributed by atoms with Gasteiger partial charge in [0.05, 0.1) is 0 Å². The van der Waals surface area contributed by atoms with E-state index in [0.717, 1.165) is 6.34 Å². The number of nitrogens with zero attached hydrogens (tertiary/aromatic N) is 5. The summed E-state index contributed by atoms with van der Waals surface area (Å²) in [7, 11) is 0. The fourth-order valence-electron chi connectivity index (χ4n) is 0.624. The molecule has 0 aliphatic carbocycles. The molecule has 2 aliphatic heterocycles. The third-order valence-electron chi connectivity index (χ3n) is 1.05. The van der Waals surface area contributed by atoms with Gasteiger partial charge >= 0.3 is 5.91 Å². The van der Waals surface area contributed by atoms with Crippen molar-refractivity contribution >= 4 is 23.8 Å². The molecule has 0 spiro atoms. The minimum atomic E-state index is -0.435. The number of hydrogen-bond donors (Lipinski definition) is 0. The molecule has 2 aliphatic rings. The van der Waals surface area contributed by atoms with E-state index < -0.39 is 5.91 Å². The average molecular weight is 135 g/mol. The van der Waals surface area contributed by atoms with E-state index in [2.05, 4.69) is 25.4 Å². The van der Waals surface area contributed by atoms with Gasteiger partial charge in [-0.15, -0.1) is 10.2 Å². The van der Waals surface area contributed by atoms with Crippen molar-refractivity contribution in [3.05, 3.63) is 0 Å². The van der Waals surface area contributed by atoms with Crippen LogP contribution in [0.1, 0.15) is 0 Å². The fourth-order valence-corrected chi connectivity index (χ4v) is 0.624. The molecule has 0 bridgehead atoms. The van der Waals surface area contributed by atoms with E-state index in [1.807, 2.05) is 0 Å². The predicted octanol–water partition coefficient (Wildman–Crippen LogP) is -0.225. The zero-order valence-electron chi connectivity index (χ0n) is 4.72. The van der Waals surface area contributed by atoms with Crippen LogP contribution in [0.2, 0.25) is 0 Å². The number of hydrogen-bond acceptors (Lipinski definition) is 5. The Morgan fingerprint density at radius 2 is 2.30 bits per heavy atom. The summed E-state index contributed by atoms with van der Waals surface area (Å²) in [6.45, 7) is 0. The molecular formula is C4HN5O. The largest absolute Gasteiger partial charge is 0.303 e. The van der Waals surface area contributed by atoms with Gasteiger partial charge in [-0.1, -0.05) is 0 Å². The number of aliphatic imine (C=N–C) groups is 2. The third kappa shape index (κ3) is 0.524. The molecule has 0 aromatic heterocycles. The van der Waals surface area contributed by atoms with E-state index in [-0.39, 0.29) is 11.5 Å². The third-order valence-corrected chi connectivity index (χ3v) is 1.05. The highest BCUT2D eigenvalue weighted by atomic mass is 16.1. The normalized spacial score (nSPS) is 20.6. The molecule has 0 aromatic rings. The van der Waals surface area contributed by atoms with E-state index in [4.69, 9.17) is 0 Å². The lowest BCUT2D eigenvalue weighted by Crippen LogP contribution is -2.21. The summed E-state index contributed by atoms with van der Waals surface area (Å²) in [5.41, 5.74) is 0.127. The summed E-state index contributed by atoms with van der Waals surface area (Å²) in [6.07, 6.45) is 1.14. The maximum absolute atomic E-state index is 10.7. The molecule has 0 saturated carbocycles. The molecule has 6 nitrogen and oxygen atoms in total. The highest BCUT2D eigenvalue weighted by Gasteiger charge is 2.23. The number of amidine groups is 1. The Hall–Kier alpha value is -1.72. The molecule has 48 valence electrons. The SMILES string of the molecule is O=C1N=CN=C2N=NN=C12. The van der Waals surface area contributed by atoms with Crippen molar-refractivity contribution in [3.63, 3.8) is 0 Å². The summed E-state index contributed by atoms with van der Waals surface area (Å²) in [5.74, 6) is -0.185. The minimum absolute atomic E-state index is 0.127. The number of rotatable bonds is 0. The second-order valence-corrected chi connectivity index (χ2v) is 1.64. The molecule has 0 atom stereocenters. The Morgan fingerprint density at radius 3 is 3.10 bits per heavy atom. The first kappa shape index (κ1) is 5.10. The molecule has 0 unspecified atom stereocenters. The maximum atomic E-state index is 10.7. The Labute approximate surface area is 55.1 Å². The first-order valence-electron chi connectivity index (χ1n) is 2.51. The van der Waals surface area contributed by atoms with Gasteiger partial charge in [-0.2, -0.15) is 4.99 Å². The van der Waals surface area contributed by atoms with Gasteiger partial charge in [0.15, 0.2) is 0 Å². The van der Waals surface area contributed by atoms with Crippen molar-refractivity contribution in [2.24, 2.45) is 25.4 Å². The molecule has 0 saturated heterocycles. The number of carbonyl (C=O) groups is 1. The second-order valence-electron chi connectivity index (χ2n) is 1.64. The topological polar surface area (TPSA) is 78.9 Å². The highest BCUT2D eigenvalue weighted by Crippen LogP contribution is 2.03. The molecule has 6 heteroatoms. The minimum Gasteiger partial charge on any atom is -0.265 e. The van der Waals surface area contributed by atoms with E-state index in [1.165, 1.54) is 0 Å². The van der Waals surface area contributed by atoms with Crippen molar-refractivity contribution in [2.45, 2.75) is 0 Å². The Bertz CT molecular complexity index is 304. The van der Waals surface area contributed by atoms with Crippen molar-refractivity contribution < 1.29 is 4.79 Å². The Kier molecular flexibility index (Phi) is 0.830. The van der Waals surface area contributed by atoms with Crippen molar-refractivity contribution in [1.29, 1.82) is 0 Å². The van der Waals surface area contributed by atoms with Crippen LogP contribution in [0.25, 0.3) is 0 Å². The van der Waals surface area contributed by atoms with E-state index >= 15 is 0 Å². The maximum Gasteiger partial charge on any atom is 0.303 e.